The van der Waals surface area contributed by atoms with Gasteiger partial charge in [0.1, 0.15) is 17.5 Å². The van der Waals surface area contributed by atoms with Gasteiger partial charge in [0, 0.05) is 31.1 Å². The highest BCUT2D eigenvalue weighted by Gasteiger charge is 2.32. The average Bonchev–Trinajstić information content (AvgIpc) is 3.31. The molecular weight excluding hydrogens is 260 g/mol. The fourth-order valence-corrected chi connectivity index (χ4v) is 2.66. The largest absolute Gasteiger partial charge is 0.370 e. The molecule has 2 saturated carbocycles. The van der Waals surface area contributed by atoms with E-state index in [1.807, 2.05) is 0 Å². The number of hydrogen-bond acceptors (Lipinski definition) is 4. The zero-order valence-corrected chi connectivity index (χ0v) is 13.6. The molecule has 2 fully saturated rings. The summed E-state index contributed by atoms with van der Waals surface area (Å²) in [5.74, 6) is 4.54. The minimum absolute atomic E-state index is 0.605. The van der Waals surface area contributed by atoms with Crippen LogP contribution in [0.4, 0.5) is 11.6 Å². The summed E-state index contributed by atoms with van der Waals surface area (Å²) in [4.78, 5) is 12.1. The Kier molecular flexibility index (Phi) is 4.32. The van der Waals surface area contributed by atoms with E-state index in [9.17, 15) is 0 Å². The molecule has 0 spiro atoms. The van der Waals surface area contributed by atoms with Crippen LogP contribution in [0.15, 0.2) is 6.07 Å². The average molecular weight is 288 g/mol. The van der Waals surface area contributed by atoms with Gasteiger partial charge in [-0.15, -0.1) is 0 Å². The Balaban J connectivity index is 1.82. The number of rotatable bonds is 8. The van der Waals surface area contributed by atoms with Crippen molar-refractivity contribution >= 4 is 11.6 Å². The van der Waals surface area contributed by atoms with Gasteiger partial charge < -0.3 is 10.2 Å². The Labute approximate surface area is 128 Å². The van der Waals surface area contributed by atoms with Gasteiger partial charge in [0.25, 0.3) is 0 Å². The predicted octanol–water partition coefficient (Wildman–Crippen LogP) is 3.80. The molecule has 116 valence electrons. The van der Waals surface area contributed by atoms with Gasteiger partial charge in [-0.3, -0.25) is 0 Å². The van der Waals surface area contributed by atoms with Crippen LogP contribution in [0.25, 0.3) is 0 Å². The van der Waals surface area contributed by atoms with Crippen molar-refractivity contribution in [2.75, 3.05) is 23.3 Å². The molecule has 4 nitrogen and oxygen atoms in total. The van der Waals surface area contributed by atoms with E-state index >= 15 is 0 Å². The zero-order chi connectivity index (χ0) is 14.8. The molecule has 4 heteroatoms. The predicted molar refractivity (Wildman–Crippen MR) is 88.0 cm³/mol. The lowest BCUT2D eigenvalue weighted by Gasteiger charge is -2.25. The molecule has 0 aliphatic heterocycles. The fourth-order valence-electron chi connectivity index (χ4n) is 2.66. The third-order valence-corrected chi connectivity index (χ3v) is 4.26. The maximum atomic E-state index is 4.89. The topological polar surface area (TPSA) is 41.0 Å². The number of hydrogen-bond donors (Lipinski definition) is 1. The number of aromatic nitrogens is 2. The molecule has 1 heterocycles. The van der Waals surface area contributed by atoms with Crippen LogP contribution in [0.3, 0.4) is 0 Å². The monoisotopic (exact) mass is 288 g/mol. The summed E-state index contributed by atoms with van der Waals surface area (Å²) in [6.45, 7) is 8.75. The summed E-state index contributed by atoms with van der Waals surface area (Å²) in [7, 11) is 0. The highest BCUT2D eigenvalue weighted by Crippen LogP contribution is 2.40. The molecule has 0 bridgehead atoms. The van der Waals surface area contributed by atoms with Crippen LogP contribution in [0.5, 0.6) is 0 Å². The van der Waals surface area contributed by atoms with Gasteiger partial charge in [-0.05, 0) is 44.9 Å². The highest BCUT2D eigenvalue weighted by molar-refractivity contribution is 5.51. The summed E-state index contributed by atoms with van der Waals surface area (Å²) >= 11 is 0. The summed E-state index contributed by atoms with van der Waals surface area (Å²) in [5, 5.41) is 3.37. The summed E-state index contributed by atoms with van der Waals surface area (Å²) in [5.41, 5.74) is 0. The smallest absolute Gasteiger partial charge is 0.136 e. The van der Waals surface area contributed by atoms with E-state index in [1.165, 1.54) is 32.1 Å². The third-order valence-electron chi connectivity index (χ3n) is 4.26. The van der Waals surface area contributed by atoms with Crippen molar-refractivity contribution < 1.29 is 0 Å². The van der Waals surface area contributed by atoms with Crippen LogP contribution in [0.2, 0.25) is 0 Å². The van der Waals surface area contributed by atoms with E-state index in [2.05, 4.69) is 37.1 Å². The van der Waals surface area contributed by atoms with Gasteiger partial charge in [0.2, 0.25) is 0 Å². The van der Waals surface area contributed by atoms with Crippen LogP contribution >= 0.6 is 0 Å². The standard InChI is InChI=1S/C17H28N4/c1-4-18-15-11-16(20-17(19-15)13-5-6-13)21(14-7-8-14)10-9-12(2)3/h11-14H,4-10H2,1-3H3,(H,18,19,20). The first kappa shape index (κ1) is 14.6. The second-order valence-electron chi connectivity index (χ2n) is 6.88. The second kappa shape index (κ2) is 6.20. The lowest BCUT2D eigenvalue weighted by Crippen LogP contribution is -2.29. The number of nitrogens with zero attached hydrogens (tertiary/aromatic N) is 3. The van der Waals surface area contributed by atoms with Crippen molar-refractivity contribution in [1.29, 1.82) is 0 Å². The Morgan fingerprint density at radius 3 is 2.57 bits per heavy atom. The summed E-state index contributed by atoms with van der Waals surface area (Å²) < 4.78 is 0. The molecule has 1 aromatic heterocycles. The SMILES string of the molecule is CCNc1cc(N(CCC(C)C)C2CC2)nc(C2CC2)n1. The number of nitrogens with one attached hydrogen (secondary N) is 1. The first-order valence-corrected chi connectivity index (χ1v) is 8.57. The Morgan fingerprint density at radius 2 is 2.00 bits per heavy atom. The molecule has 0 atom stereocenters. The minimum atomic E-state index is 0.605. The van der Waals surface area contributed by atoms with E-state index < -0.39 is 0 Å². The fraction of sp³-hybridized carbons (Fsp3) is 0.765. The van der Waals surface area contributed by atoms with E-state index in [4.69, 9.17) is 9.97 Å². The van der Waals surface area contributed by atoms with E-state index in [0.717, 1.165) is 36.5 Å². The quantitative estimate of drug-likeness (QED) is 0.790. The van der Waals surface area contributed by atoms with Crippen molar-refractivity contribution in [2.45, 2.75) is 64.8 Å². The summed E-state index contributed by atoms with van der Waals surface area (Å²) in [6.07, 6.45) is 6.37. The molecule has 1 aromatic rings. The van der Waals surface area contributed by atoms with E-state index in [1.54, 1.807) is 0 Å². The van der Waals surface area contributed by atoms with Gasteiger partial charge in [0.15, 0.2) is 0 Å². The van der Waals surface area contributed by atoms with Crippen LogP contribution in [-0.4, -0.2) is 29.1 Å². The Morgan fingerprint density at radius 1 is 1.24 bits per heavy atom. The van der Waals surface area contributed by atoms with E-state index in [0.29, 0.717) is 12.0 Å². The molecule has 2 aliphatic rings. The molecule has 0 saturated heterocycles. The van der Waals surface area contributed by atoms with Crippen molar-refractivity contribution in [1.82, 2.24) is 9.97 Å². The Bertz CT molecular complexity index is 478. The maximum Gasteiger partial charge on any atom is 0.136 e. The lowest BCUT2D eigenvalue weighted by atomic mass is 10.1. The van der Waals surface area contributed by atoms with Gasteiger partial charge in [-0.1, -0.05) is 13.8 Å². The minimum Gasteiger partial charge on any atom is -0.370 e. The molecule has 21 heavy (non-hydrogen) atoms. The molecule has 1 N–H and O–H groups in total. The van der Waals surface area contributed by atoms with Gasteiger partial charge in [-0.2, -0.15) is 0 Å². The van der Waals surface area contributed by atoms with Crippen LogP contribution in [0.1, 0.15) is 64.6 Å². The Hall–Kier alpha value is -1.32. The molecule has 0 amide bonds. The molecular formula is C17H28N4. The molecule has 0 radical (unpaired) electrons. The van der Waals surface area contributed by atoms with Gasteiger partial charge >= 0.3 is 0 Å². The maximum absolute atomic E-state index is 4.89. The molecule has 3 rings (SSSR count). The van der Waals surface area contributed by atoms with Crippen LogP contribution < -0.4 is 10.2 Å². The van der Waals surface area contributed by atoms with Crippen molar-refractivity contribution in [2.24, 2.45) is 5.92 Å². The molecule has 2 aliphatic carbocycles. The highest BCUT2D eigenvalue weighted by atomic mass is 15.2. The van der Waals surface area contributed by atoms with Gasteiger partial charge in [0.05, 0.1) is 0 Å². The normalized spacial score (nSPS) is 18.1. The molecule has 0 aromatic carbocycles. The third kappa shape index (κ3) is 3.86. The van der Waals surface area contributed by atoms with Crippen molar-refractivity contribution in [3.63, 3.8) is 0 Å². The second-order valence-corrected chi connectivity index (χ2v) is 6.88. The zero-order valence-electron chi connectivity index (χ0n) is 13.6. The van der Waals surface area contributed by atoms with E-state index in [-0.39, 0.29) is 0 Å². The van der Waals surface area contributed by atoms with Crippen LogP contribution in [0, 0.1) is 5.92 Å². The van der Waals surface area contributed by atoms with Crippen LogP contribution in [-0.2, 0) is 0 Å². The van der Waals surface area contributed by atoms with Crippen molar-refractivity contribution in [3.8, 4) is 0 Å². The number of anilines is 2. The first-order chi connectivity index (χ1) is 10.2. The molecule has 0 unspecified atom stereocenters. The first-order valence-electron chi connectivity index (χ1n) is 8.57. The lowest BCUT2D eigenvalue weighted by molar-refractivity contribution is 0.568. The summed E-state index contributed by atoms with van der Waals surface area (Å²) in [6, 6.07) is 2.86. The van der Waals surface area contributed by atoms with Gasteiger partial charge in [-0.25, -0.2) is 9.97 Å². The van der Waals surface area contributed by atoms with Crippen molar-refractivity contribution in [3.05, 3.63) is 11.9 Å².